The summed E-state index contributed by atoms with van der Waals surface area (Å²) in [6.07, 6.45) is -1.80. The van der Waals surface area contributed by atoms with E-state index in [1.165, 1.54) is 0 Å². The van der Waals surface area contributed by atoms with E-state index in [0.29, 0.717) is 0 Å². The number of carboxylic acids is 1. The summed E-state index contributed by atoms with van der Waals surface area (Å²) in [5.74, 6) is -2.69. The van der Waals surface area contributed by atoms with Crippen molar-refractivity contribution in [1.29, 1.82) is 0 Å². The van der Waals surface area contributed by atoms with Gasteiger partial charge in [-0.15, -0.1) is 0 Å². The molecule has 3 N–H and O–H groups in total. The van der Waals surface area contributed by atoms with Crippen molar-refractivity contribution in [3.63, 3.8) is 0 Å². The number of carbonyl (C=O) groups is 2. The normalized spacial score (nSPS) is 12.6. The van der Waals surface area contributed by atoms with Gasteiger partial charge in [0.05, 0.1) is 12.7 Å². The fourth-order valence-corrected chi connectivity index (χ4v) is 0.366. The van der Waals surface area contributed by atoms with Crippen molar-refractivity contribution in [2.75, 3.05) is 6.61 Å². The molecule has 5 heteroatoms. The van der Waals surface area contributed by atoms with Crippen molar-refractivity contribution in [3.8, 4) is 0 Å². The van der Waals surface area contributed by atoms with Crippen molar-refractivity contribution in [2.24, 2.45) is 0 Å². The second-order valence-corrected chi connectivity index (χ2v) is 1.77. The molecule has 1 atom stereocenters. The summed E-state index contributed by atoms with van der Waals surface area (Å²) in [5.41, 5.74) is 0. The van der Waals surface area contributed by atoms with Crippen molar-refractivity contribution in [1.82, 2.24) is 0 Å². The molecule has 0 spiro atoms. The van der Waals surface area contributed by atoms with Gasteiger partial charge in [0.2, 0.25) is 5.78 Å². The topological polar surface area (TPSA) is 94.8 Å². The molecule has 0 radical (unpaired) electrons. The van der Waals surface area contributed by atoms with Crippen LogP contribution in [0, 0.1) is 0 Å². The van der Waals surface area contributed by atoms with Gasteiger partial charge in [-0.25, -0.2) is 4.79 Å². The molecule has 0 aromatic rings. The lowest BCUT2D eigenvalue weighted by Crippen LogP contribution is -2.22. The molecule has 0 fully saturated rings. The van der Waals surface area contributed by atoms with Gasteiger partial charge >= 0.3 is 5.97 Å². The van der Waals surface area contributed by atoms with E-state index in [9.17, 15) is 9.59 Å². The summed E-state index contributed by atoms with van der Waals surface area (Å²) >= 11 is 0. The minimum Gasteiger partial charge on any atom is -0.475 e. The van der Waals surface area contributed by atoms with Crippen molar-refractivity contribution < 1.29 is 24.9 Å². The Morgan fingerprint density at radius 3 is 2.20 bits per heavy atom. The molecule has 0 aliphatic carbocycles. The van der Waals surface area contributed by atoms with Crippen LogP contribution in [0.5, 0.6) is 0 Å². The average Bonchev–Trinajstić information content (AvgIpc) is 1.87. The first-order valence-electron chi connectivity index (χ1n) is 2.63. The quantitative estimate of drug-likeness (QED) is 0.416. The van der Waals surface area contributed by atoms with Crippen LogP contribution in [0.2, 0.25) is 0 Å². The number of ketones is 1. The van der Waals surface area contributed by atoms with Gasteiger partial charge in [0.15, 0.2) is 0 Å². The molecule has 0 heterocycles. The van der Waals surface area contributed by atoms with Crippen molar-refractivity contribution in [3.05, 3.63) is 0 Å². The third kappa shape index (κ3) is 3.16. The number of Topliss-reactive ketones (excluding diaryl/α,β-unsaturated/α-hetero) is 1. The van der Waals surface area contributed by atoms with Crippen LogP contribution in [0.4, 0.5) is 0 Å². The van der Waals surface area contributed by atoms with Crippen LogP contribution in [-0.4, -0.2) is 39.8 Å². The lowest BCUT2D eigenvalue weighted by atomic mass is 10.2. The molecule has 0 aliphatic rings. The van der Waals surface area contributed by atoms with E-state index in [2.05, 4.69) is 0 Å². The maximum Gasteiger partial charge on any atom is 0.372 e. The molecule has 10 heavy (non-hydrogen) atoms. The molecule has 58 valence electrons. The molecule has 0 aromatic heterocycles. The number of carboxylic acid groups (broad SMARTS) is 1. The summed E-state index contributed by atoms with van der Waals surface area (Å²) in [6.45, 7) is -0.598. The van der Waals surface area contributed by atoms with E-state index in [1.54, 1.807) is 0 Å². The number of aliphatic hydroxyl groups is 2. The maximum absolute atomic E-state index is 10.2. The third-order valence-electron chi connectivity index (χ3n) is 0.870. The highest BCUT2D eigenvalue weighted by atomic mass is 16.4. The number of hydrogen-bond donors (Lipinski definition) is 3. The predicted molar refractivity (Wildman–Crippen MR) is 30.4 cm³/mol. The van der Waals surface area contributed by atoms with Crippen molar-refractivity contribution >= 4 is 11.8 Å². The van der Waals surface area contributed by atoms with Gasteiger partial charge in [0.1, 0.15) is 0 Å². The van der Waals surface area contributed by atoms with E-state index in [-0.39, 0.29) is 0 Å². The van der Waals surface area contributed by atoms with Crippen molar-refractivity contribution in [2.45, 2.75) is 12.5 Å². The van der Waals surface area contributed by atoms with Crippen LogP contribution in [0.25, 0.3) is 0 Å². The molecule has 0 aromatic carbocycles. The molecule has 0 saturated carbocycles. The lowest BCUT2D eigenvalue weighted by Gasteiger charge is -2.01. The Morgan fingerprint density at radius 1 is 1.40 bits per heavy atom. The SMILES string of the molecule is O=C(O)C(=O)C[C@@H](O)CO. The molecular formula is C5H8O5. The van der Waals surface area contributed by atoms with Gasteiger partial charge in [0.25, 0.3) is 0 Å². The zero-order chi connectivity index (χ0) is 8.15. The Labute approximate surface area is 56.9 Å². The molecule has 0 unspecified atom stereocenters. The Bertz CT molecular complexity index is 141. The minimum absolute atomic E-state index is 0.536. The molecule has 5 nitrogen and oxygen atoms in total. The van der Waals surface area contributed by atoms with Crippen LogP contribution in [0.3, 0.4) is 0 Å². The van der Waals surface area contributed by atoms with Crippen LogP contribution in [-0.2, 0) is 9.59 Å². The fourth-order valence-electron chi connectivity index (χ4n) is 0.366. The third-order valence-corrected chi connectivity index (χ3v) is 0.870. The Kier molecular flexibility index (Phi) is 3.60. The summed E-state index contributed by atoms with van der Waals surface area (Å²) in [5, 5.41) is 24.7. The first-order valence-corrected chi connectivity index (χ1v) is 2.63. The number of aliphatic carboxylic acids is 1. The van der Waals surface area contributed by atoms with Gasteiger partial charge in [-0.05, 0) is 0 Å². The highest BCUT2D eigenvalue weighted by Gasteiger charge is 2.15. The summed E-state index contributed by atoms with van der Waals surface area (Å²) < 4.78 is 0. The van der Waals surface area contributed by atoms with E-state index in [4.69, 9.17) is 15.3 Å². The van der Waals surface area contributed by atoms with Crippen LogP contribution >= 0.6 is 0 Å². The highest BCUT2D eigenvalue weighted by Crippen LogP contribution is 1.90. The fraction of sp³-hybridized carbons (Fsp3) is 0.600. The Balaban J connectivity index is 3.68. The van der Waals surface area contributed by atoms with Gasteiger partial charge < -0.3 is 15.3 Å². The largest absolute Gasteiger partial charge is 0.475 e. The number of aliphatic hydroxyl groups excluding tert-OH is 2. The van der Waals surface area contributed by atoms with E-state index >= 15 is 0 Å². The maximum atomic E-state index is 10.2. The van der Waals surface area contributed by atoms with Crippen LogP contribution in [0.15, 0.2) is 0 Å². The van der Waals surface area contributed by atoms with Crippen LogP contribution < -0.4 is 0 Å². The second-order valence-electron chi connectivity index (χ2n) is 1.77. The summed E-state index contributed by atoms with van der Waals surface area (Å²) in [4.78, 5) is 20.0. The molecule has 0 bridgehead atoms. The lowest BCUT2D eigenvalue weighted by molar-refractivity contribution is -0.150. The van der Waals surface area contributed by atoms with Crippen LogP contribution in [0.1, 0.15) is 6.42 Å². The predicted octanol–water partition coefficient (Wildman–Crippen LogP) is -1.62. The van der Waals surface area contributed by atoms with E-state index in [0.717, 1.165) is 0 Å². The summed E-state index contributed by atoms with van der Waals surface area (Å²) in [6, 6.07) is 0. The number of hydrogen-bond acceptors (Lipinski definition) is 4. The zero-order valence-electron chi connectivity index (χ0n) is 5.15. The zero-order valence-corrected chi connectivity index (χ0v) is 5.15. The monoisotopic (exact) mass is 148 g/mol. The Hall–Kier alpha value is -0.940. The molecule has 0 rings (SSSR count). The van der Waals surface area contributed by atoms with Gasteiger partial charge in [-0.3, -0.25) is 4.79 Å². The Morgan fingerprint density at radius 2 is 1.90 bits per heavy atom. The number of rotatable bonds is 4. The molecule has 0 amide bonds. The summed E-state index contributed by atoms with van der Waals surface area (Å²) in [7, 11) is 0. The smallest absolute Gasteiger partial charge is 0.372 e. The standard InChI is InChI=1S/C5H8O5/c6-2-3(7)1-4(8)5(9)10/h3,6-7H,1-2H2,(H,9,10)/t3-/m1/s1. The first-order chi connectivity index (χ1) is 4.57. The molecule has 0 aliphatic heterocycles. The second kappa shape index (κ2) is 3.97. The van der Waals surface area contributed by atoms with E-state index in [1.807, 2.05) is 0 Å². The van der Waals surface area contributed by atoms with Gasteiger partial charge in [0, 0.05) is 6.42 Å². The van der Waals surface area contributed by atoms with Gasteiger partial charge in [-0.2, -0.15) is 0 Å². The average molecular weight is 148 g/mol. The molecule has 0 saturated heterocycles. The minimum atomic E-state index is -1.59. The van der Waals surface area contributed by atoms with E-state index < -0.39 is 30.9 Å². The highest BCUT2D eigenvalue weighted by molar-refractivity contribution is 6.32. The van der Waals surface area contributed by atoms with Gasteiger partial charge in [-0.1, -0.05) is 0 Å². The molecular weight excluding hydrogens is 140 g/mol. The first kappa shape index (κ1) is 9.06. The number of carbonyl (C=O) groups excluding carboxylic acids is 1.